The number of hydrogen-bond acceptors (Lipinski definition) is 10. The van der Waals surface area contributed by atoms with Crippen molar-refractivity contribution in [2.24, 2.45) is 0 Å². The van der Waals surface area contributed by atoms with Gasteiger partial charge < -0.3 is 34.9 Å². The number of aromatic nitrogens is 2. The number of nitro groups is 1. The lowest BCUT2D eigenvalue weighted by Crippen LogP contribution is -2.59. The minimum atomic E-state index is -1.18. The summed E-state index contributed by atoms with van der Waals surface area (Å²) in [7, 11) is 3.48. The minimum Gasteiger partial charge on any atom is -0.453 e. The van der Waals surface area contributed by atoms with Crippen molar-refractivity contribution < 1.29 is 38.6 Å². The number of para-hydroxylation sites is 1. The van der Waals surface area contributed by atoms with Crippen LogP contribution in [0.25, 0.3) is 10.9 Å². The van der Waals surface area contributed by atoms with Gasteiger partial charge in [0.25, 0.3) is 5.69 Å². The van der Waals surface area contributed by atoms with Crippen molar-refractivity contribution in [3.63, 3.8) is 0 Å². The number of carbonyl (C=O) groups is 3. The molecule has 49 heavy (non-hydrogen) atoms. The lowest BCUT2D eigenvalue weighted by molar-refractivity contribution is -0.384. The van der Waals surface area contributed by atoms with E-state index in [4.69, 9.17) is 9.84 Å². The Bertz CT molecular complexity index is 1670. The fraction of sp³-hybridized carbons (Fsp3) is 0.371. The molecule has 0 spiro atoms. The van der Waals surface area contributed by atoms with Crippen LogP contribution >= 0.6 is 0 Å². The van der Waals surface area contributed by atoms with E-state index in [9.17, 15) is 24.5 Å². The molecule has 1 aliphatic rings. The molecule has 1 aliphatic carbocycles. The average Bonchev–Trinajstić information content (AvgIpc) is 3.54. The van der Waals surface area contributed by atoms with Crippen molar-refractivity contribution in [1.29, 1.82) is 0 Å². The second-order valence-corrected chi connectivity index (χ2v) is 11.5. The van der Waals surface area contributed by atoms with Gasteiger partial charge in [0.05, 0.1) is 19.1 Å². The van der Waals surface area contributed by atoms with E-state index in [-0.39, 0.29) is 22.8 Å². The van der Waals surface area contributed by atoms with Gasteiger partial charge in [-0.25, -0.2) is 9.59 Å². The molecule has 1 atom stereocenters. The molecule has 0 saturated heterocycles. The number of nitrogens with zero attached hydrogens (tertiary/aromatic N) is 2. The fourth-order valence-electron chi connectivity index (χ4n) is 5.76. The number of H-pyrrole nitrogens is 1. The third-order valence-electron chi connectivity index (χ3n) is 8.31. The van der Waals surface area contributed by atoms with Gasteiger partial charge in [-0.3, -0.25) is 19.9 Å². The van der Waals surface area contributed by atoms with Gasteiger partial charge in [-0.15, -0.1) is 0 Å². The van der Waals surface area contributed by atoms with E-state index in [1.807, 2.05) is 48.8 Å². The topological polar surface area (TPSA) is 195 Å². The number of aliphatic hydroxyl groups is 1. The zero-order valence-corrected chi connectivity index (χ0v) is 28.1. The molecule has 0 aliphatic heterocycles. The largest absolute Gasteiger partial charge is 0.513 e. The number of carbonyl (C=O) groups excluding carboxylic acids is 3. The number of aliphatic hydroxyl groups excluding tert-OH is 1. The highest BCUT2D eigenvalue weighted by Gasteiger charge is 2.40. The highest BCUT2D eigenvalue weighted by molar-refractivity contribution is 5.91. The number of pyridine rings is 1. The molecule has 4 aromatic rings. The summed E-state index contributed by atoms with van der Waals surface area (Å²) in [5, 5.41) is 24.2. The summed E-state index contributed by atoms with van der Waals surface area (Å²) in [6, 6.07) is 19.0. The summed E-state index contributed by atoms with van der Waals surface area (Å²) >= 11 is 0. The Morgan fingerprint density at radius 2 is 1.65 bits per heavy atom. The molecular weight excluding hydrogens is 634 g/mol. The molecule has 0 unspecified atom stereocenters. The number of non-ortho nitro benzene ring substituents is 1. The van der Waals surface area contributed by atoms with Crippen molar-refractivity contribution >= 4 is 34.7 Å². The monoisotopic (exact) mass is 677 g/mol. The standard InChI is InChI=1S/C26H32N4O3.C8H7NO5.CH4O/c1-25(30-24(32)33-2,16-19-17-28-21-11-5-4-10-20(19)21)23(31)29-18-26(13-7-3-8-14-26)22-12-6-9-15-27-22;1-13-8(10)14-7-4-2-6(3-5-7)9(11)12;1-2/h4-6,9-12,15,17,28H,3,7-8,13-14,16,18H2,1-2H3,(H,29,31)(H,30,32);2-5H,1H3;2H,1H3/t25-;;/m0../s1. The number of nitrogens with one attached hydrogen (secondary N) is 3. The van der Waals surface area contributed by atoms with Crippen LogP contribution in [0.1, 0.15) is 50.3 Å². The SMILES string of the molecule is CO.COC(=O)N[C@@](C)(Cc1c[nH]c2ccccc12)C(=O)NCC1(c2ccccn2)CCCCC1.COC(=O)Oc1ccc([N+](=O)[O-])cc1. The molecule has 2 heterocycles. The van der Waals surface area contributed by atoms with E-state index in [2.05, 4.69) is 36.1 Å². The molecule has 14 nitrogen and oxygen atoms in total. The van der Waals surface area contributed by atoms with Crippen molar-refractivity contribution in [3.05, 3.63) is 100 Å². The van der Waals surface area contributed by atoms with Crippen molar-refractivity contribution in [2.75, 3.05) is 27.9 Å². The maximum Gasteiger partial charge on any atom is 0.513 e. The quantitative estimate of drug-likeness (QED) is 0.0751. The van der Waals surface area contributed by atoms with Gasteiger partial charge in [-0.05, 0) is 55.7 Å². The molecule has 4 N–H and O–H groups in total. The molecule has 2 aromatic heterocycles. The number of hydrogen-bond donors (Lipinski definition) is 4. The number of rotatable bonds is 9. The third-order valence-corrected chi connectivity index (χ3v) is 8.31. The summed E-state index contributed by atoms with van der Waals surface area (Å²) in [6.45, 7) is 2.23. The summed E-state index contributed by atoms with van der Waals surface area (Å²) in [5.41, 5.74) is 1.52. The highest BCUT2D eigenvalue weighted by atomic mass is 16.7. The van der Waals surface area contributed by atoms with Crippen LogP contribution in [0.15, 0.2) is 79.1 Å². The number of alkyl carbamates (subject to hydrolysis) is 1. The first-order valence-electron chi connectivity index (χ1n) is 15.6. The first-order chi connectivity index (χ1) is 23.6. The Morgan fingerprint density at radius 3 is 2.27 bits per heavy atom. The predicted octanol–water partition coefficient (Wildman–Crippen LogP) is 5.59. The zero-order chi connectivity index (χ0) is 35.9. The van der Waals surface area contributed by atoms with Crippen LogP contribution in [0.5, 0.6) is 5.75 Å². The Labute approximate surface area is 284 Å². The van der Waals surface area contributed by atoms with Crippen LogP contribution in [-0.4, -0.2) is 71.6 Å². The van der Waals surface area contributed by atoms with E-state index in [0.29, 0.717) is 13.0 Å². The van der Waals surface area contributed by atoms with Gasteiger partial charge >= 0.3 is 12.2 Å². The first kappa shape index (κ1) is 38.0. The van der Waals surface area contributed by atoms with E-state index < -0.39 is 22.7 Å². The number of amides is 2. The smallest absolute Gasteiger partial charge is 0.453 e. The maximum atomic E-state index is 13.6. The predicted molar refractivity (Wildman–Crippen MR) is 182 cm³/mol. The van der Waals surface area contributed by atoms with Crippen molar-refractivity contribution in [2.45, 2.75) is 56.4 Å². The molecular formula is C35H43N5O9. The van der Waals surface area contributed by atoms with E-state index >= 15 is 0 Å². The van der Waals surface area contributed by atoms with Gasteiger partial charge in [0, 0.05) is 66.6 Å². The fourth-order valence-corrected chi connectivity index (χ4v) is 5.76. The minimum absolute atomic E-state index is 0.0674. The van der Waals surface area contributed by atoms with Crippen molar-refractivity contribution in [3.8, 4) is 5.75 Å². The number of benzene rings is 2. The van der Waals surface area contributed by atoms with E-state index in [1.54, 1.807) is 6.92 Å². The average molecular weight is 678 g/mol. The number of aromatic amines is 1. The first-order valence-corrected chi connectivity index (χ1v) is 15.6. The van der Waals surface area contributed by atoms with Crippen LogP contribution in [-0.2, 0) is 26.1 Å². The Hall–Kier alpha value is -5.50. The summed E-state index contributed by atoms with van der Waals surface area (Å²) in [6.07, 6.45) is 7.92. The summed E-state index contributed by atoms with van der Waals surface area (Å²) in [4.78, 5) is 54.0. The van der Waals surface area contributed by atoms with Gasteiger partial charge in [-0.2, -0.15) is 0 Å². The maximum absolute atomic E-state index is 13.6. The normalized spacial score (nSPS) is 14.3. The number of fused-ring (bicyclic) bond motifs is 1. The Kier molecular flexibility index (Phi) is 14.1. The lowest BCUT2D eigenvalue weighted by Gasteiger charge is -2.38. The van der Waals surface area contributed by atoms with Crippen LogP contribution < -0.4 is 15.4 Å². The van der Waals surface area contributed by atoms with E-state index in [1.165, 1.54) is 44.9 Å². The second kappa shape index (κ2) is 18.2. The third kappa shape index (κ3) is 10.2. The Balaban J connectivity index is 0.000000341. The van der Waals surface area contributed by atoms with Crippen molar-refractivity contribution in [1.82, 2.24) is 20.6 Å². The van der Waals surface area contributed by atoms with Crippen LogP contribution in [0, 0.1) is 10.1 Å². The molecule has 5 rings (SSSR count). The molecule has 1 fully saturated rings. The van der Waals surface area contributed by atoms with Gasteiger partial charge in [0.1, 0.15) is 11.3 Å². The molecule has 262 valence electrons. The van der Waals surface area contributed by atoms with Crippen LogP contribution in [0.2, 0.25) is 0 Å². The zero-order valence-electron chi connectivity index (χ0n) is 28.1. The van der Waals surface area contributed by atoms with Crippen LogP contribution in [0.4, 0.5) is 15.3 Å². The molecule has 0 radical (unpaired) electrons. The highest BCUT2D eigenvalue weighted by Crippen LogP contribution is 2.38. The molecule has 2 aromatic carbocycles. The second-order valence-electron chi connectivity index (χ2n) is 11.5. The number of ether oxygens (including phenoxy) is 3. The number of nitro benzene ring substituents is 1. The molecule has 14 heteroatoms. The lowest BCUT2D eigenvalue weighted by atomic mass is 9.71. The summed E-state index contributed by atoms with van der Waals surface area (Å²) in [5.74, 6) is -0.0403. The van der Waals surface area contributed by atoms with E-state index in [0.717, 1.165) is 55.0 Å². The van der Waals surface area contributed by atoms with Crippen LogP contribution in [0.3, 0.4) is 0 Å². The summed E-state index contributed by atoms with van der Waals surface area (Å²) < 4.78 is 13.7. The van der Waals surface area contributed by atoms with Gasteiger partial charge in [-0.1, -0.05) is 43.5 Å². The molecule has 1 saturated carbocycles. The number of methoxy groups -OCH3 is 2. The molecule has 0 bridgehead atoms. The van der Waals surface area contributed by atoms with Gasteiger partial charge in [0.15, 0.2) is 0 Å². The Morgan fingerprint density at radius 1 is 0.980 bits per heavy atom. The van der Waals surface area contributed by atoms with Gasteiger partial charge in [0.2, 0.25) is 5.91 Å². The molecule has 2 amide bonds.